The molecule has 3 heterocycles. The first-order valence-electron chi connectivity index (χ1n) is 16.3. The number of carbonyl (C=O) groups is 4. The highest BCUT2D eigenvalue weighted by Gasteiger charge is 2.36. The molecule has 0 saturated heterocycles. The first-order chi connectivity index (χ1) is 22.7. The largest absolute Gasteiger partial charge is 0.369 e. The molecular formula is C34H48N8O5S. The molecule has 48 heavy (non-hydrogen) atoms. The Kier molecular flexibility index (Phi) is 12.1. The van der Waals surface area contributed by atoms with Crippen molar-refractivity contribution in [3.05, 3.63) is 63.6 Å². The van der Waals surface area contributed by atoms with Gasteiger partial charge in [0.2, 0.25) is 11.8 Å². The van der Waals surface area contributed by atoms with E-state index in [9.17, 15) is 19.2 Å². The van der Waals surface area contributed by atoms with Crippen LogP contribution in [0.4, 0.5) is 0 Å². The van der Waals surface area contributed by atoms with Crippen LogP contribution in [-0.4, -0.2) is 80.1 Å². The van der Waals surface area contributed by atoms with Gasteiger partial charge in [0.25, 0.3) is 11.8 Å². The van der Waals surface area contributed by atoms with Crippen molar-refractivity contribution in [2.45, 2.75) is 91.6 Å². The molecule has 3 N–H and O–H groups in total. The monoisotopic (exact) mass is 680 g/mol. The molecular weight excluding hydrogens is 632 g/mol. The molecule has 4 amide bonds. The quantitative estimate of drug-likeness (QED) is 0.343. The van der Waals surface area contributed by atoms with Crippen molar-refractivity contribution in [2.24, 2.45) is 11.8 Å². The average Bonchev–Trinajstić information content (AvgIpc) is 3.66. The van der Waals surface area contributed by atoms with Crippen molar-refractivity contribution in [1.82, 2.24) is 40.6 Å². The third-order valence-electron chi connectivity index (χ3n) is 8.31. The normalized spacial score (nSPS) is 20.1. The third-order valence-corrected chi connectivity index (χ3v) is 9.27. The lowest BCUT2D eigenvalue weighted by molar-refractivity contribution is -0.153. The van der Waals surface area contributed by atoms with Crippen LogP contribution in [0.1, 0.15) is 92.8 Å². The summed E-state index contributed by atoms with van der Waals surface area (Å²) in [4.78, 5) is 65.4. The average molecular weight is 681 g/mol. The van der Waals surface area contributed by atoms with Gasteiger partial charge >= 0.3 is 0 Å². The van der Waals surface area contributed by atoms with E-state index in [1.165, 1.54) is 28.0 Å². The van der Waals surface area contributed by atoms with Crippen molar-refractivity contribution in [3.8, 4) is 0 Å². The van der Waals surface area contributed by atoms with Crippen LogP contribution in [0.2, 0.25) is 0 Å². The zero-order chi connectivity index (χ0) is 35.2. The molecule has 14 heteroatoms. The first kappa shape index (κ1) is 36.7. The van der Waals surface area contributed by atoms with E-state index < -0.39 is 29.6 Å². The van der Waals surface area contributed by atoms with Crippen molar-refractivity contribution in [1.29, 1.82) is 0 Å². The number of carbonyl (C=O) groups excluding carboxylic acids is 4. The maximum atomic E-state index is 13.8. The number of hydrogen-bond acceptors (Lipinski definition) is 9. The SMILES string of the molecule is COC(C)(C)C(=O)N1CC(=O)N[C@@H](CC(C)C)c2nc(cs2)C(=O)N[C@@H](Cc2ccccc2)c2nc(C)nn2CC(=O)N[C@@H](C(C)C)C1. The van der Waals surface area contributed by atoms with Gasteiger partial charge < -0.3 is 25.6 Å². The van der Waals surface area contributed by atoms with Crippen LogP contribution in [0.15, 0.2) is 35.7 Å². The summed E-state index contributed by atoms with van der Waals surface area (Å²) in [5, 5.41) is 16.0. The second-order valence-electron chi connectivity index (χ2n) is 13.5. The number of methoxy groups -OCH3 is 1. The summed E-state index contributed by atoms with van der Waals surface area (Å²) < 4.78 is 7.00. The summed E-state index contributed by atoms with van der Waals surface area (Å²) >= 11 is 1.29. The Morgan fingerprint density at radius 2 is 1.69 bits per heavy atom. The van der Waals surface area contributed by atoms with Gasteiger partial charge in [-0.2, -0.15) is 5.10 Å². The highest BCUT2D eigenvalue weighted by molar-refractivity contribution is 7.09. The molecule has 0 radical (unpaired) electrons. The van der Waals surface area contributed by atoms with Crippen LogP contribution >= 0.6 is 11.3 Å². The van der Waals surface area contributed by atoms with E-state index in [1.807, 2.05) is 58.0 Å². The van der Waals surface area contributed by atoms with E-state index in [2.05, 4.69) is 31.0 Å². The van der Waals surface area contributed by atoms with Crippen LogP contribution in [0.5, 0.6) is 0 Å². The van der Waals surface area contributed by atoms with Gasteiger partial charge in [-0.15, -0.1) is 11.3 Å². The Balaban J connectivity index is 1.79. The molecule has 1 aliphatic heterocycles. The molecule has 0 saturated carbocycles. The van der Waals surface area contributed by atoms with Crippen molar-refractivity contribution < 1.29 is 23.9 Å². The topological polar surface area (TPSA) is 160 Å². The van der Waals surface area contributed by atoms with Gasteiger partial charge in [-0.3, -0.25) is 19.2 Å². The second kappa shape index (κ2) is 15.8. The summed E-state index contributed by atoms with van der Waals surface area (Å²) in [7, 11) is 1.44. The minimum Gasteiger partial charge on any atom is -0.369 e. The fourth-order valence-electron chi connectivity index (χ4n) is 5.53. The zero-order valence-electron chi connectivity index (χ0n) is 29.1. The fraction of sp³-hybridized carbons (Fsp3) is 0.559. The number of ether oxygens (including phenoxy) is 1. The number of amides is 4. The number of aromatic nitrogens is 4. The maximum Gasteiger partial charge on any atom is 0.271 e. The third kappa shape index (κ3) is 9.47. The molecule has 2 bridgehead atoms. The first-order valence-corrected chi connectivity index (χ1v) is 17.2. The number of aryl methyl sites for hydroxylation is 1. The molecule has 0 fully saturated rings. The Hall–Kier alpha value is -4.17. The molecule has 0 aliphatic carbocycles. The zero-order valence-corrected chi connectivity index (χ0v) is 29.9. The number of benzene rings is 1. The number of thiazole rings is 1. The Morgan fingerprint density at radius 1 is 1.00 bits per heavy atom. The number of nitrogens with one attached hydrogen (secondary N) is 3. The molecule has 13 nitrogen and oxygen atoms in total. The van der Waals surface area contributed by atoms with Gasteiger partial charge in [-0.1, -0.05) is 58.0 Å². The molecule has 0 unspecified atom stereocenters. The molecule has 260 valence electrons. The van der Waals surface area contributed by atoms with Gasteiger partial charge in [0.15, 0.2) is 5.82 Å². The Labute approximate surface area is 286 Å². The van der Waals surface area contributed by atoms with Gasteiger partial charge in [-0.25, -0.2) is 14.6 Å². The van der Waals surface area contributed by atoms with Crippen LogP contribution in [0.25, 0.3) is 0 Å². The minimum absolute atomic E-state index is 0.0780. The molecule has 3 aromatic rings. The number of rotatable bonds is 7. The summed E-state index contributed by atoms with van der Waals surface area (Å²) in [6, 6.07) is 8.07. The van der Waals surface area contributed by atoms with Crippen molar-refractivity contribution in [2.75, 3.05) is 20.2 Å². The van der Waals surface area contributed by atoms with Gasteiger partial charge in [0.1, 0.15) is 28.7 Å². The molecule has 1 aliphatic rings. The van der Waals surface area contributed by atoms with E-state index in [0.29, 0.717) is 29.5 Å². The van der Waals surface area contributed by atoms with Gasteiger partial charge in [0.05, 0.1) is 18.6 Å². The summed E-state index contributed by atoms with van der Waals surface area (Å²) in [5.41, 5.74) is -0.0430. The minimum atomic E-state index is -1.21. The standard InChI is InChI=1S/C34H48N8O5S/c1-20(2)14-25-32-39-27(19-48-32)31(45)38-24(15-23-12-10-9-11-13-23)30-35-22(5)40-42(30)18-29(44)37-26(21(3)4)16-41(17-28(43)36-25)33(46)34(6,7)47-8/h9-13,19-21,24-26H,14-18H2,1-8H3,(H,36,43)(H,37,44)(H,38,45)/t24-,25-,26+/m0/s1. The molecule has 3 atom stereocenters. The van der Waals surface area contributed by atoms with Crippen LogP contribution in [0, 0.1) is 18.8 Å². The van der Waals surface area contributed by atoms with E-state index >= 15 is 0 Å². The van der Waals surface area contributed by atoms with Gasteiger partial charge in [0, 0.05) is 25.1 Å². The van der Waals surface area contributed by atoms with Crippen molar-refractivity contribution in [3.63, 3.8) is 0 Å². The summed E-state index contributed by atoms with van der Waals surface area (Å²) in [6.07, 6.45) is 0.970. The van der Waals surface area contributed by atoms with E-state index in [1.54, 1.807) is 26.2 Å². The molecule has 0 spiro atoms. The molecule has 1 aromatic carbocycles. The lowest BCUT2D eigenvalue weighted by atomic mass is 10.0. The smallest absolute Gasteiger partial charge is 0.271 e. The Morgan fingerprint density at radius 3 is 2.33 bits per heavy atom. The van der Waals surface area contributed by atoms with Crippen LogP contribution < -0.4 is 16.0 Å². The Bertz CT molecular complexity index is 1580. The highest BCUT2D eigenvalue weighted by atomic mass is 32.1. The summed E-state index contributed by atoms with van der Waals surface area (Å²) in [5.74, 6) is -0.547. The van der Waals surface area contributed by atoms with E-state index in [0.717, 1.165) is 5.56 Å². The number of nitrogens with zero attached hydrogens (tertiary/aromatic N) is 5. The number of hydrogen-bond donors (Lipinski definition) is 3. The number of fused-ring (bicyclic) bond motifs is 3. The lowest BCUT2D eigenvalue weighted by Gasteiger charge is -2.35. The predicted molar refractivity (Wildman–Crippen MR) is 182 cm³/mol. The van der Waals surface area contributed by atoms with Crippen molar-refractivity contribution >= 4 is 35.0 Å². The van der Waals surface area contributed by atoms with E-state index in [-0.39, 0.29) is 54.9 Å². The van der Waals surface area contributed by atoms with Crippen LogP contribution in [-0.2, 0) is 32.1 Å². The molecule has 4 rings (SSSR count). The van der Waals surface area contributed by atoms with E-state index in [4.69, 9.17) is 4.74 Å². The highest BCUT2D eigenvalue weighted by Crippen LogP contribution is 2.26. The molecule has 2 aromatic heterocycles. The predicted octanol–water partition coefficient (Wildman–Crippen LogP) is 3.37. The second-order valence-corrected chi connectivity index (χ2v) is 14.4. The fourth-order valence-corrected chi connectivity index (χ4v) is 6.39. The lowest BCUT2D eigenvalue weighted by Crippen LogP contribution is -2.56. The summed E-state index contributed by atoms with van der Waals surface area (Å²) in [6.45, 7) is 12.6. The van der Waals surface area contributed by atoms with Crippen LogP contribution in [0.3, 0.4) is 0 Å². The maximum absolute atomic E-state index is 13.8. The van der Waals surface area contributed by atoms with Gasteiger partial charge in [-0.05, 0) is 51.0 Å².